The van der Waals surface area contributed by atoms with E-state index in [9.17, 15) is 0 Å². The second-order valence-corrected chi connectivity index (χ2v) is 6.72. The quantitative estimate of drug-likeness (QED) is 0.345. The van der Waals surface area contributed by atoms with Gasteiger partial charge in [0.15, 0.2) is 5.96 Å². The monoisotopic (exact) mass is 399 g/mol. The van der Waals surface area contributed by atoms with Crippen LogP contribution in [0.4, 0.5) is 0 Å². The maximum atomic E-state index is 5.96. The minimum atomic E-state index is 0.633. The summed E-state index contributed by atoms with van der Waals surface area (Å²) in [5.74, 6) is 2.57. The van der Waals surface area contributed by atoms with Crippen LogP contribution in [0.25, 0.3) is 0 Å². The van der Waals surface area contributed by atoms with Crippen molar-refractivity contribution in [2.75, 3.05) is 41.0 Å². The van der Waals surface area contributed by atoms with Gasteiger partial charge in [0.25, 0.3) is 0 Å². The Bertz CT molecular complexity index is 778. The summed E-state index contributed by atoms with van der Waals surface area (Å²) < 4.78 is 16.5. The predicted octanol–water partition coefficient (Wildman–Crippen LogP) is 3.33. The van der Waals surface area contributed by atoms with E-state index < -0.39 is 0 Å². The molecule has 0 aliphatic carbocycles. The topological polar surface area (TPSA) is 64.1 Å². The van der Waals surface area contributed by atoms with Gasteiger partial charge in [-0.05, 0) is 36.6 Å². The molecule has 158 valence electrons. The van der Waals surface area contributed by atoms with Gasteiger partial charge in [-0.15, -0.1) is 0 Å². The highest BCUT2D eigenvalue weighted by atomic mass is 16.5. The zero-order chi connectivity index (χ0) is 20.9. The van der Waals surface area contributed by atoms with Gasteiger partial charge < -0.3 is 24.8 Å². The summed E-state index contributed by atoms with van der Waals surface area (Å²) in [5, 5.41) is 6.72. The molecule has 0 atom stereocenters. The first-order chi connectivity index (χ1) is 14.2. The average molecular weight is 400 g/mol. The molecule has 0 fully saturated rings. The van der Waals surface area contributed by atoms with Crippen LogP contribution in [0.15, 0.2) is 47.5 Å². The SMILES string of the molecule is CN=C(NCCc1ccccc1OC)NCc1ccc(C)cc1OCCCOC. The first-order valence-corrected chi connectivity index (χ1v) is 9.95. The fraction of sp³-hybridized carbons (Fsp3) is 0.435. The van der Waals surface area contributed by atoms with Gasteiger partial charge in [0.1, 0.15) is 11.5 Å². The summed E-state index contributed by atoms with van der Waals surface area (Å²) in [6, 6.07) is 14.3. The number of methoxy groups -OCH3 is 2. The Balaban J connectivity index is 1.87. The number of rotatable bonds is 11. The van der Waals surface area contributed by atoms with Crippen molar-refractivity contribution in [1.82, 2.24) is 10.6 Å². The molecule has 2 aromatic rings. The van der Waals surface area contributed by atoms with E-state index in [1.165, 1.54) is 11.1 Å². The van der Waals surface area contributed by atoms with Crippen LogP contribution in [0.3, 0.4) is 0 Å². The van der Waals surface area contributed by atoms with Gasteiger partial charge in [0, 0.05) is 45.8 Å². The Labute approximate surface area is 174 Å². The number of hydrogen-bond acceptors (Lipinski definition) is 4. The molecule has 0 spiro atoms. The van der Waals surface area contributed by atoms with Crippen molar-refractivity contribution in [3.8, 4) is 11.5 Å². The van der Waals surface area contributed by atoms with E-state index in [0.717, 1.165) is 42.4 Å². The number of ether oxygens (including phenoxy) is 3. The van der Waals surface area contributed by atoms with Gasteiger partial charge in [-0.2, -0.15) is 0 Å². The van der Waals surface area contributed by atoms with E-state index in [1.54, 1.807) is 21.3 Å². The van der Waals surface area contributed by atoms with Crippen LogP contribution in [0, 0.1) is 6.92 Å². The molecule has 6 heteroatoms. The second kappa shape index (κ2) is 12.7. The first-order valence-electron chi connectivity index (χ1n) is 9.95. The van der Waals surface area contributed by atoms with Crippen LogP contribution in [-0.2, 0) is 17.7 Å². The summed E-state index contributed by atoms with van der Waals surface area (Å²) in [7, 11) is 5.17. The van der Waals surface area contributed by atoms with E-state index in [2.05, 4.69) is 46.8 Å². The summed E-state index contributed by atoms with van der Waals surface area (Å²) in [4.78, 5) is 4.32. The Morgan fingerprint density at radius 2 is 1.79 bits per heavy atom. The fourth-order valence-electron chi connectivity index (χ4n) is 2.95. The molecular formula is C23H33N3O3. The number of para-hydroxylation sites is 1. The van der Waals surface area contributed by atoms with Crippen LogP contribution in [0.5, 0.6) is 11.5 Å². The van der Waals surface area contributed by atoms with Crippen LogP contribution in [0.1, 0.15) is 23.1 Å². The molecule has 2 rings (SSSR count). The second-order valence-electron chi connectivity index (χ2n) is 6.72. The summed E-state index contributed by atoms with van der Waals surface area (Å²) in [6.45, 7) is 4.79. The van der Waals surface area contributed by atoms with E-state index in [-0.39, 0.29) is 0 Å². The lowest BCUT2D eigenvalue weighted by Crippen LogP contribution is -2.38. The molecule has 0 aliphatic rings. The normalized spacial score (nSPS) is 11.2. The van der Waals surface area contributed by atoms with Crippen molar-refractivity contribution in [3.63, 3.8) is 0 Å². The number of benzene rings is 2. The van der Waals surface area contributed by atoms with Crippen molar-refractivity contribution in [2.24, 2.45) is 4.99 Å². The fourth-order valence-corrected chi connectivity index (χ4v) is 2.95. The average Bonchev–Trinajstić information content (AvgIpc) is 2.75. The number of hydrogen-bond donors (Lipinski definition) is 2. The number of nitrogens with zero attached hydrogens (tertiary/aromatic N) is 1. The summed E-state index contributed by atoms with van der Waals surface area (Å²) in [6.07, 6.45) is 1.71. The largest absolute Gasteiger partial charge is 0.496 e. The lowest BCUT2D eigenvalue weighted by atomic mass is 10.1. The summed E-state index contributed by atoms with van der Waals surface area (Å²) >= 11 is 0. The Morgan fingerprint density at radius 1 is 0.966 bits per heavy atom. The number of guanidine groups is 1. The van der Waals surface area contributed by atoms with E-state index in [1.807, 2.05) is 18.2 Å². The number of aliphatic imine (C=N–C) groups is 1. The zero-order valence-corrected chi connectivity index (χ0v) is 18.0. The van der Waals surface area contributed by atoms with Gasteiger partial charge in [0.2, 0.25) is 0 Å². The molecule has 0 saturated carbocycles. The molecule has 0 aliphatic heterocycles. The molecular weight excluding hydrogens is 366 g/mol. The molecule has 0 heterocycles. The molecule has 0 unspecified atom stereocenters. The van der Waals surface area contributed by atoms with E-state index in [4.69, 9.17) is 14.2 Å². The highest BCUT2D eigenvalue weighted by Crippen LogP contribution is 2.20. The van der Waals surface area contributed by atoms with Crippen LogP contribution >= 0.6 is 0 Å². The lowest BCUT2D eigenvalue weighted by Gasteiger charge is -2.16. The van der Waals surface area contributed by atoms with Gasteiger partial charge in [-0.25, -0.2) is 0 Å². The summed E-state index contributed by atoms with van der Waals surface area (Å²) in [5.41, 5.74) is 3.44. The minimum absolute atomic E-state index is 0.633. The molecule has 29 heavy (non-hydrogen) atoms. The van der Waals surface area contributed by atoms with E-state index in [0.29, 0.717) is 19.8 Å². The van der Waals surface area contributed by atoms with Crippen LogP contribution in [0.2, 0.25) is 0 Å². The maximum absolute atomic E-state index is 5.96. The van der Waals surface area contributed by atoms with Crippen LogP contribution in [-0.4, -0.2) is 47.0 Å². The first kappa shape index (κ1) is 22.6. The predicted molar refractivity (Wildman–Crippen MR) is 118 cm³/mol. The van der Waals surface area contributed by atoms with Crippen molar-refractivity contribution >= 4 is 5.96 Å². The highest BCUT2D eigenvalue weighted by molar-refractivity contribution is 5.79. The molecule has 0 radical (unpaired) electrons. The molecule has 2 N–H and O–H groups in total. The van der Waals surface area contributed by atoms with Gasteiger partial charge in [-0.1, -0.05) is 30.3 Å². The van der Waals surface area contributed by atoms with Gasteiger partial charge in [0.05, 0.1) is 13.7 Å². The molecule has 0 amide bonds. The Morgan fingerprint density at radius 3 is 2.55 bits per heavy atom. The van der Waals surface area contributed by atoms with Gasteiger partial charge in [-0.3, -0.25) is 4.99 Å². The van der Waals surface area contributed by atoms with Crippen molar-refractivity contribution in [3.05, 3.63) is 59.2 Å². The zero-order valence-electron chi connectivity index (χ0n) is 18.0. The smallest absolute Gasteiger partial charge is 0.191 e. The van der Waals surface area contributed by atoms with Crippen molar-refractivity contribution in [1.29, 1.82) is 0 Å². The Kier molecular flexibility index (Phi) is 9.86. The van der Waals surface area contributed by atoms with Gasteiger partial charge >= 0.3 is 0 Å². The third-order valence-corrected chi connectivity index (χ3v) is 4.52. The standard InChI is InChI=1S/C23H33N3O3/c1-18-10-11-20(22(16-18)29-15-7-14-27-3)17-26-23(24-2)25-13-12-19-8-5-6-9-21(19)28-4/h5-6,8-11,16H,7,12-15,17H2,1-4H3,(H2,24,25,26). The molecule has 0 bridgehead atoms. The van der Waals surface area contributed by atoms with Crippen LogP contribution < -0.4 is 20.1 Å². The molecule has 0 saturated heterocycles. The molecule has 2 aromatic carbocycles. The maximum Gasteiger partial charge on any atom is 0.191 e. The lowest BCUT2D eigenvalue weighted by molar-refractivity contribution is 0.172. The third-order valence-electron chi connectivity index (χ3n) is 4.52. The number of nitrogens with one attached hydrogen (secondary N) is 2. The minimum Gasteiger partial charge on any atom is -0.496 e. The highest BCUT2D eigenvalue weighted by Gasteiger charge is 2.07. The Hall–Kier alpha value is -2.73. The molecule has 0 aromatic heterocycles. The van der Waals surface area contributed by atoms with E-state index >= 15 is 0 Å². The van der Waals surface area contributed by atoms with Crippen molar-refractivity contribution in [2.45, 2.75) is 26.3 Å². The number of aryl methyl sites for hydroxylation is 1. The molecule has 6 nitrogen and oxygen atoms in total. The third kappa shape index (κ3) is 7.66. The van der Waals surface area contributed by atoms with Crippen molar-refractivity contribution < 1.29 is 14.2 Å².